The SMILES string of the molecule is CC1(O)CCN(C(=O)c2ccc(C#CCCO)cn2)C1. The van der Waals surface area contributed by atoms with Crippen LogP contribution >= 0.6 is 0 Å². The second kappa shape index (κ2) is 6.04. The number of nitrogens with zero attached hydrogens (tertiary/aromatic N) is 2. The molecule has 106 valence electrons. The largest absolute Gasteiger partial charge is 0.395 e. The monoisotopic (exact) mass is 274 g/mol. The van der Waals surface area contributed by atoms with Crippen molar-refractivity contribution < 1.29 is 15.0 Å². The van der Waals surface area contributed by atoms with Gasteiger partial charge in [-0.3, -0.25) is 4.79 Å². The summed E-state index contributed by atoms with van der Waals surface area (Å²) < 4.78 is 0. The summed E-state index contributed by atoms with van der Waals surface area (Å²) in [6, 6.07) is 3.37. The van der Waals surface area contributed by atoms with E-state index in [2.05, 4.69) is 16.8 Å². The average molecular weight is 274 g/mol. The first-order valence-corrected chi connectivity index (χ1v) is 6.59. The quantitative estimate of drug-likeness (QED) is 0.766. The van der Waals surface area contributed by atoms with Crippen LogP contribution in [0.3, 0.4) is 0 Å². The summed E-state index contributed by atoms with van der Waals surface area (Å²) in [6.07, 6.45) is 2.55. The molecule has 5 nitrogen and oxygen atoms in total. The molecule has 1 aliphatic rings. The van der Waals surface area contributed by atoms with Crippen LogP contribution in [0.4, 0.5) is 0 Å². The van der Waals surface area contributed by atoms with Gasteiger partial charge in [-0.2, -0.15) is 0 Å². The molecule has 5 heteroatoms. The first-order valence-electron chi connectivity index (χ1n) is 6.59. The van der Waals surface area contributed by atoms with Crippen molar-refractivity contribution in [3.8, 4) is 11.8 Å². The van der Waals surface area contributed by atoms with Crippen molar-refractivity contribution in [2.24, 2.45) is 0 Å². The van der Waals surface area contributed by atoms with E-state index in [0.717, 1.165) is 0 Å². The number of pyridine rings is 1. The lowest BCUT2D eigenvalue weighted by Crippen LogP contribution is -2.34. The lowest BCUT2D eigenvalue weighted by atomic mass is 10.1. The zero-order valence-electron chi connectivity index (χ0n) is 11.5. The molecule has 0 saturated carbocycles. The molecule has 1 atom stereocenters. The van der Waals surface area contributed by atoms with Crippen LogP contribution in [0.2, 0.25) is 0 Å². The lowest BCUT2D eigenvalue weighted by molar-refractivity contribution is 0.0569. The fourth-order valence-electron chi connectivity index (χ4n) is 2.10. The Kier molecular flexibility index (Phi) is 4.38. The molecule has 2 rings (SSSR count). The van der Waals surface area contributed by atoms with Crippen LogP contribution < -0.4 is 0 Å². The van der Waals surface area contributed by atoms with E-state index in [1.807, 2.05) is 0 Å². The highest BCUT2D eigenvalue weighted by molar-refractivity contribution is 5.92. The molecule has 0 aliphatic carbocycles. The maximum Gasteiger partial charge on any atom is 0.272 e. The molecule has 1 amide bonds. The van der Waals surface area contributed by atoms with Gasteiger partial charge in [-0.1, -0.05) is 11.8 Å². The molecule has 0 spiro atoms. The molecule has 0 radical (unpaired) electrons. The number of carbonyl (C=O) groups is 1. The Morgan fingerprint density at radius 3 is 2.90 bits per heavy atom. The van der Waals surface area contributed by atoms with E-state index in [1.165, 1.54) is 0 Å². The number of amides is 1. The maximum atomic E-state index is 12.2. The molecule has 1 aliphatic heterocycles. The Hall–Kier alpha value is -1.90. The number of carbonyl (C=O) groups excluding carboxylic acids is 1. The standard InChI is InChI=1S/C15H18N2O3/c1-15(20)7-8-17(11-15)14(19)13-6-5-12(10-16-13)4-2-3-9-18/h5-6,10,18,20H,3,7-9,11H2,1H3. The van der Waals surface area contributed by atoms with Crippen LogP contribution in [-0.2, 0) is 0 Å². The molecule has 0 aromatic carbocycles. The second-order valence-corrected chi connectivity index (χ2v) is 5.18. The predicted octanol–water partition coefficient (Wildman–Crippen LogP) is 0.412. The minimum atomic E-state index is -0.800. The van der Waals surface area contributed by atoms with Gasteiger partial charge in [0.05, 0.1) is 12.2 Å². The molecule has 1 saturated heterocycles. The highest BCUT2D eigenvalue weighted by atomic mass is 16.3. The first-order chi connectivity index (χ1) is 9.52. The Bertz CT molecular complexity index is 540. The van der Waals surface area contributed by atoms with Gasteiger partial charge < -0.3 is 15.1 Å². The van der Waals surface area contributed by atoms with Crippen LogP contribution in [0.25, 0.3) is 0 Å². The second-order valence-electron chi connectivity index (χ2n) is 5.18. The Labute approximate surface area is 118 Å². The molecule has 1 aromatic heterocycles. The molecule has 0 bridgehead atoms. The number of aliphatic hydroxyl groups is 2. The fourth-order valence-corrected chi connectivity index (χ4v) is 2.10. The topological polar surface area (TPSA) is 73.7 Å². The molecule has 2 N–H and O–H groups in total. The van der Waals surface area contributed by atoms with E-state index in [-0.39, 0.29) is 12.5 Å². The van der Waals surface area contributed by atoms with Gasteiger partial charge in [-0.25, -0.2) is 4.98 Å². The molecule has 1 unspecified atom stereocenters. The number of hydrogen-bond donors (Lipinski definition) is 2. The smallest absolute Gasteiger partial charge is 0.272 e. The summed E-state index contributed by atoms with van der Waals surface area (Å²) in [5.74, 6) is 5.49. The fraction of sp³-hybridized carbons (Fsp3) is 0.467. The van der Waals surface area contributed by atoms with Gasteiger partial charge >= 0.3 is 0 Å². The van der Waals surface area contributed by atoms with Crippen molar-refractivity contribution >= 4 is 5.91 Å². The maximum absolute atomic E-state index is 12.2. The Morgan fingerprint density at radius 1 is 1.55 bits per heavy atom. The highest BCUT2D eigenvalue weighted by Crippen LogP contribution is 2.21. The Morgan fingerprint density at radius 2 is 2.35 bits per heavy atom. The molecular weight excluding hydrogens is 256 g/mol. The van der Waals surface area contributed by atoms with Crippen molar-refractivity contribution in [1.82, 2.24) is 9.88 Å². The van der Waals surface area contributed by atoms with Gasteiger partial charge in [0.25, 0.3) is 5.91 Å². The summed E-state index contributed by atoms with van der Waals surface area (Å²) in [5, 5.41) is 18.5. The zero-order chi connectivity index (χ0) is 14.6. The minimum Gasteiger partial charge on any atom is -0.395 e. The van der Waals surface area contributed by atoms with Crippen LogP contribution in [-0.4, -0.2) is 51.3 Å². The van der Waals surface area contributed by atoms with E-state index >= 15 is 0 Å². The third kappa shape index (κ3) is 3.56. The summed E-state index contributed by atoms with van der Waals surface area (Å²) >= 11 is 0. The number of rotatable bonds is 2. The lowest BCUT2D eigenvalue weighted by Gasteiger charge is -2.18. The highest BCUT2D eigenvalue weighted by Gasteiger charge is 2.34. The predicted molar refractivity (Wildman–Crippen MR) is 74.0 cm³/mol. The van der Waals surface area contributed by atoms with E-state index < -0.39 is 5.60 Å². The van der Waals surface area contributed by atoms with Gasteiger partial charge in [-0.05, 0) is 25.5 Å². The van der Waals surface area contributed by atoms with Crippen LogP contribution in [0.15, 0.2) is 18.3 Å². The number of aromatic nitrogens is 1. The van der Waals surface area contributed by atoms with Crippen LogP contribution in [0.5, 0.6) is 0 Å². The van der Waals surface area contributed by atoms with E-state index in [9.17, 15) is 9.90 Å². The summed E-state index contributed by atoms with van der Waals surface area (Å²) in [7, 11) is 0. The Balaban J connectivity index is 2.03. The van der Waals surface area contributed by atoms with Gasteiger partial charge in [0.2, 0.25) is 0 Å². The summed E-state index contributed by atoms with van der Waals surface area (Å²) in [5.41, 5.74) is 0.268. The van der Waals surface area contributed by atoms with Crippen molar-refractivity contribution in [1.29, 1.82) is 0 Å². The van der Waals surface area contributed by atoms with Gasteiger partial charge in [0, 0.05) is 31.3 Å². The van der Waals surface area contributed by atoms with Crippen LogP contribution in [0.1, 0.15) is 35.8 Å². The van der Waals surface area contributed by atoms with E-state index in [4.69, 9.17) is 5.11 Å². The molecule has 2 heterocycles. The summed E-state index contributed by atoms with van der Waals surface area (Å²) in [6.45, 7) is 2.65. The van der Waals surface area contributed by atoms with Crippen molar-refractivity contribution in [2.75, 3.05) is 19.7 Å². The van der Waals surface area contributed by atoms with Gasteiger partial charge in [0.1, 0.15) is 5.69 Å². The molecule has 1 aromatic rings. The van der Waals surface area contributed by atoms with Crippen molar-refractivity contribution in [2.45, 2.75) is 25.4 Å². The summed E-state index contributed by atoms with van der Waals surface area (Å²) in [4.78, 5) is 17.9. The third-order valence-corrected chi connectivity index (χ3v) is 3.19. The number of likely N-dealkylation sites (tertiary alicyclic amines) is 1. The van der Waals surface area contributed by atoms with E-state index in [1.54, 1.807) is 30.2 Å². The molecule has 20 heavy (non-hydrogen) atoms. The number of aliphatic hydroxyl groups excluding tert-OH is 1. The van der Waals surface area contributed by atoms with E-state index in [0.29, 0.717) is 37.2 Å². The first kappa shape index (κ1) is 14.5. The zero-order valence-corrected chi connectivity index (χ0v) is 11.5. The molecular formula is C15H18N2O3. The third-order valence-electron chi connectivity index (χ3n) is 3.19. The van der Waals surface area contributed by atoms with Gasteiger partial charge in [0.15, 0.2) is 0 Å². The number of β-amino-alcohol motifs (C(OH)–C–C–N with tert-alkyl or cyclic N) is 1. The minimum absolute atomic E-state index is 0.0336. The number of hydrogen-bond acceptors (Lipinski definition) is 4. The van der Waals surface area contributed by atoms with Gasteiger partial charge in [-0.15, -0.1) is 0 Å². The molecule has 1 fully saturated rings. The average Bonchev–Trinajstić information content (AvgIpc) is 2.79. The van der Waals surface area contributed by atoms with Crippen molar-refractivity contribution in [3.63, 3.8) is 0 Å². The van der Waals surface area contributed by atoms with Crippen molar-refractivity contribution in [3.05, 3.63) is 29.6 Å². The normalized spacial score (nSPS) is 21.4. The van der Waals surface area contributed by atoms with Crippen LogP contribution in [0, 0.1) is 11.8 Å².